The lowest BCUT2D eigenvalue weighted by Crippen LogP contribution is -2.49. The molecule has 13 heteroatoms. The molecule has 4 rings (SSSR count). The molecule has 2 saturated heterocycles. The summed E-state index contributed by atoms with van der Waals surface area (Å²) >= 11 is 5.77. The van der Waals surface area contributed by atoms with E-state index in [4.69, 9.17) is 17.3 Å². The van der Waals surface area contributed by atoms with Gasteiger partial charge in [-0.05, 0) is 48.9 Å². The highest BCUT2D eigenvalue weighted by Crippen LogP contribution is 2.33. The van der Waals surface area contributed by atoms with Gasteiger partial charge in [-0.3, -0.25) is 4.79 Å². The van der Waals surface area contributed by atoms with E-state index in [1.54, 1.807) is 21.9 Å². The van der Waals surface area contributed by atoms with Crippen molar-refractivity contribution in [2.75, 3.05) is 49.1 Å². The van der Waals surface area contributed by atoms with E-state index in [1.165, 1.54) is 16.4 Å². The number of benzene rings is 1. The lowest BCUT2D eigenvalue weighted by Gasteiger charge is -2.35. The fourth-order valence-corrected chi connectivity index (χ4v) is 5.73. The molecule has 0 saturated carbocycles. The van der Waals surface area contributed by atoms with E-state index in [9.17, 15) is 26.4 Å². The number of sulfonamides is 1. The topological polar surface area (TPSA) is 99.8 Å². The minimum Gasteiger partial charge on any atom is -0.354 e. The van der Waals surface area contributed by atoms with Gasteiger partial charge in [-0.25, -0.2) is 13.4 Å². The minimum absolute atomic E-state index is 0.0484. The van der Waals surface area contributed by atoms with E-state index in [2.05, 4.69) is 4.98 Å². The van der Waals surface area contributed by atoms with E-state index < -0.39 is 21.8 Å². The van der Waals surface area contributed by atoms with Gasteiger partial charge in [0.1, 0.15) is 11.0 Å². The SMILES string of the molecule is NCC1CC(=O)N(c2ccc(S(=O)(=O)N3CCN(c4cc(C(F)(F)F)cc(Cl)n4)CC3)cc2)C1. The fourth-order valence-electron chi connectivity index (χ4n) is 4.10. The van der Waals surface area contributed by atoms with Gasteiger partial charge in [0.25, 0.3) is 0 Å². The second-order valence-electron chi connectivity index (χ2n) is 8.23. The highest BCUT2D eigenvalue weighted by Gasteiger charge is 2.34. The van der Waals surface area contributed by atoms with Crippen LogP contribution < -0.4 is 15.5 Å². The molecule has 2 aliphatic rings. The Morgan fingerprint density at radius 2 is 1.74 bits per heavy atom. The number of hydrogen-bond donors (Lipinski definition) is 1. The van der Waals surface area contributed by atoms with E-state index >= 15 is 0 Å². The van der Waals surface area contributed by atoms with Crippen molar-refractivity contribution in [1.29, 1.82) is 0 Å². The van der Waals surface area contributed by atoms with E-state index in [0.717, 1.165) is 12.1 Å². The van der Waals surface area contributed by atoms with Crippen molar-refractivity contribution in [3.63, 3.8) is 0 Å². The Hall–Kier alpha value is -2.41. The van der Waals surface area contributed by atoms with E-state index in [-0.39, 0.29) is 53.9 Å². The Bertz CT molecular complexity index is 1170. The maximum atomic E-state index is 13.1. The van der Waals surface area contributed by atoms with Crippen LogP contribution in [-0.2, 0) is 21.0 Å². The Balaban J connectivity index is 1.44. The number of nitrogens with two attached hydrogens (primary N) is 1. The van der Waals surface area contributed by atoms with Crippen LogP contribution in [0.4, 0.5) is 24.7 Å². The number of alkyl halides is 3. The molecular weight excluding hydrogens is 495 g/mol. The number of hydrogen-bond acceptors (Lipinski definition) is 6. The van der Waals surface area contributed by atoms with Crippen molar-refractivity contribution in [1.82, 2.24) is 9.29 Å². The molecule has 1 aromatic carbocycles. The van der Waals surface area contributed by atoms with Crippen molar-refractivity contribution in [3.8, 4) is 0 Å². The highest BCUT2D eigenvalue weighted by atomic mass is 35.5. The molecule has 0 bridgehead atoms. The third-order valence-corrected chi connectivity index (χ3v) is 8.10. The van der Waals surface area contributed by atoms with E-state index in [1.807, 2.05) is 0 Å². The summed E-state index contributed by atoms with van der Waals surface area (Å²) in [7, 11) is -3.82. The smallest absolute Gasteiger partial charge is 0.354 e. The molecule has 2 N–H and O–H groups in total. The molecule has 1 amide bonds. The van der Waals surface area contributed by atoms with Gasteiger partial charge in [0.15, 0.2) is 0 Å². The molecule has 2 aliphatic heterocycles. The van der Waals surface area contributed by atoms with Crippen molar-refractivity contribution in [3.05, 3.63) is 47.1 Å². The van der Waals surface area contributed by atoms with Crippen LogP contribution in [0.2, 0.25) is 5.15 Å². The molecule has 3 heterocycles. The summed E-state index contributed by atoms with van der Waals surface area (Å²) in [6.45, 7) is 1.36. The Morgan fingerprint density at radius 1 is 1.09 bits per heavy atom. The largest absolute Gasteiger partial charge is 0.416 e. The first kappa shape index (κ1) is 24.7. The summed E-state index contributed by atoms with van der Waals surface area (Å²) < 4.78 is 66.7. The molecular formula is C21H23ClF3N5O3S. The molecule has 2 fully saturated rings. The number of amides is 1. The van der Waals surface area contributed by atoms with Crippen molar-refractivity contribution in [2.45, 2.75) is 17.5 Å². The normalized spacial score (nSPS) is 20.3. The lowest BCUT2D eigenvalue weighted by atomic mass is 10.1. The average Bonchev–Trinajstić information content (AvgIpc) is 3.19. The van der Waals surface area contributed by atoms with Crippen LogP contribution in [0, 0.1) is 5.92 Å². The Labute approximate surface area is 200 Å². The first-order valence-electron chi connectivity index (χ1n) is 10.6. The maximum absolute atomic E-state index is 13.1. The molecule has 1 aromatic heterocycles. The molecule has 1 atom stereocenters. The summed E-state index contributed by atoms with van der Waals surface area (Å²) in [5.74, 6) is 0.0752. The van der Waals surface area contributed by atoms with Gasteiger partial charge in [0, 0.05) is 44.8 Å². The zero-order chi connectivity index (χ0) is 24.7. The fraction of sp³-hybridized carbons (Fsp3) is 0.429. The quantitative estimate of drug-likeness (QED) is 0.612. The number of rotatable bonds is 5. The second kappa shape index (κ2) is 9.33. The van der Waals surface area contributed by atoms with Crippen LogP contribution >= 0.6 is 11.6 Å². The van der Waals surface area contributed by atoms with Gasteiger partial charge in [0.05, 0.1) is 10.5 Å². The zero-order valence-electron chi connectivity index (χ0n) is 18.0. The number of pyridine rings is 1. The Kier molecular flexibility index (Phi) is 6.78. The summed E-state index contributed by atoms with van der Waals surface area (Å²) in [4.78, 5) is 19.4. The summed E-state index contributed by atoms with van der Waals surface area (Å²) in [5.41, 5.74) is 5.35. The zero-order valence-corrected chi connectivity index (χ0v) is 19.6. The van der Waals surface area contributed by atoms with Crippen LogP contribution in [0.3, 0.4) is 0 Å². The van der Waals surface area contributed by atoms with Gasteiger partial charge < -0.3 is 15.5 Å². The number of carbonyl (C=O) groups excluding carboxylic acids is 1. The van der Waals surface area contributed by atoms with Gasteiger partial charge in [-0.15, -0.1) is 0 Å². The standard InChI is InChI=1S/C21H23ClF3N5O3S/c22-18-10-15(21(23,24)25)11-19(27-18)28-5-7-29(8-6-28)34(32,33)17-3-1-16(2-4-17)30-13-14(12-26)9-20(30)31/h1-4,10-11,14H,5-9,12-13,26H2. The third-order valence-electron chi connectivity index (χ3n) is 6.00. The molecule has 8 nitrogen and oxygen atoms in total. The number of piperazine rings is 1. The number of halogens is 4. The summed E-state index contributed by atoms with van der Waals surface area (Å²) in [6, 6.07) is 7.75. The van der Waals surface area contributed by atoms with Crippen molar-refractivity contribution in [2.24, 2.45) is 11.7 Å². The summed E-state index contributed by atoms with van der Waals surface area (Å²) in [5, 5.41) is -0.283. The van der Waals surface area contributed by atoms with Crippen LogP contribution in [0.1, 0.15) is 12.0 Å². The van der Waals surface area contributed by atoms with Crippen LogP contribution in [-0.4, -0.2) is 62.9 Å². The molecule has 0 radical (unpaired) electrons. The second-order valence-corrected chi connectivity index (χ2v) is 10.6. The van der Waals surface area contributed by atoms with Gasteiger partial charge in [-0.2, -0.15) is 17.5 Å². The Morgan fingerprint density at radius 3 is 2.29 bits per heavy atom. The van der Waals surface area contributed by atoms with Crippen molar-refractivity contribution >= 4 is 39.0 Å². The average molecular weight is 518 g/mol. The van der Waals surface area contributed by atoms with Gasteiger partial charge >= 0.3 is 6.18 Å². The van der Waals surface area contributed by atoms with Crippen LogP contribution in [0.5, 0.6) is 0 Å². The molecule has 1 unspecified atom stereocenters. The van der Waals surface area contributed by atoms with Gasteiger partial charge in [-0.1, -0.05) is 11.6 Å². The predicted molar refractivity (Wildman–Crippen MR) is 121 cm³/mol. The monoisotopic (exact) mass is 517 g/mol. The van der Waals surface area contributed by atoms with Crippen molar-refractivity contribution < 1.29 is 26.4 Å². The first-order chi connectivity index (χ1) is 16.0. The molecule has 184 valence electrons. The predicted octanol–water partition coefficient (Wildman–Crippen LogP) is 2.58. The van der Waals surface area contributed by atoms with E-state index in [0.29, 0.717) is 25.2 Å². The third kappa shape index (κ3) is 4.99. The number of anilines is 2. The number of carbonyl (C=O) groups is 1. The highest BCUT2D eigenvalue weighted by molar-refractivity contribution is 7.89. The minimum atomic E-state index is -4.57. The molecule has 2 aromatic rings. The molecule has 34 heavy (non-hydrogen) atoms. The lowest BCUT2D eigenvalue weighted by molar-refractivity contribution is -0.137. The first-order valence-corrected chi connectivity index (χ1v) is 12.4. The number of nitrogens with zero attached hydrogens (tertiary/aromatic N) is 4. The van der Waals surface area contributed by atoms with Crippen LogP contribution in [0.15, 0.2) is 41.3 Å². The van der Waals surface area contributed by atoms with Crippen LogP contribution in [0.25, 0.3) is 0 Å². The number of aromatic nitrogens is 1. The molecule has 0 spiro atoms. The summed E-state index contributed by atoms with van der Waals surface area (Å²) in [6.07, 6.45) is -4.20. The molecule has 0 aliphatic carbocycles. The van der Waals surface area contributed by atoms with Gasteiger partial charge in [0.2, 0.25) is 15.9 Å². The maximum Gasteiger partial charge on any atom is 0.416 e.